The third-order valence-corrected chi connectivity index (χ3v) is 7.06. The summed E-state index contributed by atoms with van der Waals surface area (Å²) < 4.78 is 5.35. The number of nitrogens with one attached hydrogen (secondary N) is 1. The van der Waals surface area contributed by atoms with Crippen LogP contribution in [0.1, 0.15) is 57.8 Å². The van der Waals surface area contributed by atoms with E-state index in [1.807, 2.05) is 0 Å². The molecule has 4 aliphatic carbocycles. The summed E-state index contributed by atoms with van der Waals surface area (Å²) in [7, 11) is 0. The largest absolute Gasteiger partial charge is 0.393 e. The van der Waals surface area contributed by atoms with Gasteiger partial charge in [-0.25, -0.2) is 0 Å². The molecule has 0 aromatic heterocycles. The smallest absolute Gasteiger partial charge is 0.226 e. The molecule has 4 saturated carbocycles. The lowest BCUT2D eigenvalue weighted by Crippen LogP contribution is -2.53. The maximum atomic E-state index is 12.8. The van der Waals surface area contributed by atoms with Crippen LogP contribution in [0.25, 0.3) is 0 Å². The van der Waals surface area contributed by atoms with Crippen molar-refractivity contribution in [3.05, 3.63) is 0 Å². The molecule has 1 heterocycles. The van der Waals surface area contributed by atoms with Gasteiger partial charge in [-0.3, -0.25) is 4.79 Å². The summed E-state index contributed by atoms with van der Waals surface area (Å²) in [6.07, 6.45) is 9.75. The molecule has 130 valence electrons. The molecule has 0 radical (unpaired) electrons. The molecule has 1 saturated heterocycles. The van der Waals surface area contributed by atoms with Crippen LogP contribution in [0, 0.1) is 29.1 Å². The molecule has 2 N–H and O–H groups in total. The summed E-state index contributed by atoms with van der Waals surface area (Å²) in [4.78, 5) is 12.8. The normalized spacial score (nSPS) is 41.0. The van der Waals surface area contributed by atoms with Crippen molar-refractivity contribution >= 4 is 5.91 Å². The van der Waals surface area contributed by atoms with Crippen LogP contribution in [-0.4, -0.2) is 36.9 Å². The van der Waals surface area contributed by atoms with Crippen LogP contribution in [0.3, 0.4) is 0 Å². The standard InChI is InChI=1S/C19H31NO3/c21-17(16-2-5-23-6-3-16)1-4-20-18(22)19-10-13-7-14(11-19)9-15(8-13)12-19/h13-17,21H,1-12H2,(H,20,22). The summed E-state index contributed by atoms with van der Waals surface area (Å²) in [6, 6.07) is 0. The number of carbonyl (C=O) groups is 1. The van der Waals surface area contributed by atoms with Gasteiger partial charge in [-0.15, -0.1) is 0 Å². The summed E-state index contributed by atoms with van der Waals surface area (Å²) in [6.45, 7) is 2.15. The van der Waals surface area contributed by atoms with Crippen molar-refractivity contribution in [1.29, 1.82) is 0 Å². The Morgan fingerprint density at radius 2 is 1.65 bits per heavy atom. The first-order valence-corrected chi connectivity index (χ1v) is 9.69. The van der Waals surface area contributed by atoms with Crippen LogP contribution in [-0.2, 0) is 9.53 Å². The minimum atomic E-state index is -0.296. The fourth-order valence-corrected chi connectivity index (χ4v) is 6.25. The van der Waals surface area contributed by atoms with E-state index in [4.69, 9.17) is 4.74 Å². The van der Waals surface area contributed by atoms with Crippen LogP contribution in [0.5, 0.6) is 0 Å². The molecule has 23 heavy (non-hydrogen) atoms. The predicted molar refractivity (Wildman–Crippen MR) is 87.8 cm³/mol. The monoisotopic (exact) mass is 321 g/mol. The molecule has 0 aromatic rings. The van der Waals surface area contributed by atoms with E-state index in [0.29, 0.717) is 18.9 Å². The topological polar surface area (TPSA) is 58.6 Å². The minimum Gasteiger partial charge on any atom is -0.393 e. The number of rotatable bonds is 5. The average molecular weight is 321 g/mol. The van der Waals surface area contributed by atoms with Crippen molar-refractivity contribution in [3.63, 3.8) is 0 Å². The molecular weight excluding hydrogens is 290 g/mol. The molecule has 1 aliphatic heterocycles. The Labute approximate surface area is 139 Å². The second-order valence-electron chi connectivity index (χ2n) is 8.76. The molecule has 4 nitrogen and oxygen atoms in total. The molecule has 1 atom stereocenters. The van der Waals surface area contributed by atoms with Gasteiger partial charge in [0.25, 0.3) is 0 Å². The number of carbonyl (C=O) groups excluding carboxylic acids is 1. The molecule has 5 rings (SSSR count). The zero-order valence-corrected chi connectivity index (χ0v) is 14.1. The van der Waals surface area contributed by atoms with E-state index in [0.717, 1.165) is 63.1 Å². The van der Waals surface area contributed by atoms with Crippen molar-refractivity contribution in [2.24, 2.45) is 29.1 Å². The first kappa shape index (κ1) is 15.9. The minimum absolute atomic E-state index is 0.0572. The molecule has 1 amide bonds. The summed E-state index contributed by atoms with van der Waals surface area (Å²) in [5, 5.41) is 13.5. The van der Waals surface area contributed by atoms with Crippen molar-refractivity contribution in [1.82, 2.24) is 5.32 Å². The van der Waals surface area contributed by atoms with Crippen molar-refractivity contribution in [3.8, 4) is 0 Å². The quantitative estimate of drug-likeness (QED) is 0.818. The van der Waals surface area contributed by atoms with Crippen LogP contribution in [0.2, 0.25) is 0 Å². The molecule has 5 aliphatic rings. The van der Waals surface area contributed by atoms with Crippen molar-refractivity contribution < 1.29 is 14.6 Å². The number of hydrogen-bond acceptors (Lipinski definition) is 3. The van der Waals surface area contributed by atoms with E-state index in [1.165, 1.54) is 19.3 Å². The zero-order valence-electron chi connectivity index (χ0n) is 14.1. The Morgan fingerprint density at radius 1 is 1.09 bits per heavy atom. The van der Waals surface area contributed by atoms with Gasteiger partial charge in [0.1, 0.15) is 0 Å². The van der Waals surface area contributed by atoms with E-state index in [-0.39, 0.29) is 17.4 Å². The predicted octanol–water partition coefficient (Wildman–Crippen LogP) is 2.50. The van der Waals surface area contributed by atoms with Gasteiger partial charge >= 0.3 is 0 Å². The van der Waals surface area contributed by atoms with Gasteiger partial charge in [0.2, 0.25) is 5.91 Å². The summed E-state index contributed by atoms with van der Waals surface area (Å²) >= 11 is 0. The number of hydrogen-bond donors (Lipinski definition) is 2. The molecule has 5 fully saturated rings. The summed E-state index contributed by atoms with van der Waals surface area (Å²) in [5.74, 6) is 3.05. The molecule has 1 unspecified atom stereocenters. The number of aliphatic hydroxyl groups excluding tert-OH is 1. The van der Waals surface area contributed by atoms with Crippen LogP contribution < -0.4 is 5.32 Å². The molecule has 0 spiro atoms. The van der Waals surface area contributed by atoms with Gasteiger partial charge in [0.05, 0.1) is 6.10 Å². The van der Waals surface area contributed by atoms with Crippen LogP contribution in [0.4, 0.5) is 0 Å². The van der Waals surface area contributed by atoms with Gasteiger partial charge in [-0.05, 0) is 81.5 Å². The average Bonchev–Trinajstić information content (AvgIpc) is 2.54. The first-order valence-electron chi connectivity index (χ1n) is 9.69. The van der Waals surface area contributed by atoms with E-state index in [1.54, 1.807) is 0 Å². The number of ether oxygens (including phenoxy) is 1. The molecule has 4 bridgehead atoms. The molecule has 0 aromatic carbocycles. The van der Waals surface area contributed by atoms with Gasteiger partial charge < -0.3 is 15.2 Å². The van der Waals surface area contributed by atoms with E-state index in [9.17, 15) is 9.90 Å². The Morgan fingerprint density at radius 3 is 2.22 bits per heavy atom. The van der Waals surface area contributed by atoms with Crippen LogP contribution >= 0.6 is 0 Å². The van der Waals surface area contributed by atoms with Crippen molar-refractivity contribution in [2.45, 2.75) is 63.9 Å². The second kappa shape index (κ2) is 6.36. The Hall–Kier alpha value is -0.610. The fourth-order valence-electron chi connectivity index (χ4n) is 6.25. The van der Waals surface area contributed by atoms with E-state index < -0.39 is 0 Å². The third kappa shape index (κ3) is 3.17. The number of amides is 1. The lowest BCUT2D eigenvalue weighted by atomic mass is 9.49. The maximum absolute atomic E-state index is 12.8. The highest BCUT2D eigenvalue weighted by molar-refractivity contribution is 5.83. The third-order valence-electron chi connectivity index (χ3n) is 7.06. The van der Waals surface area contributed by atoms with Crippen molar-refractivity contribution in [2.75, 3.05) is 19.8 Å². The van der Waals surface area contributed by atoms with Gasteiger partial charge in [-0.2, -0.15) is 0 Å². The Balaban J connectivity index is 1.27. The highest BCUT2D eigenvalue weighted by atomic mass is 16.5. The summed E-state index contributed by atoms with van der Waals surface area (Å²) in [5.41, 5.74) is -0.0572. The molecule has 4 heteroatoms. The van der Waals surface area contributed by atoms with Crippen LogP contribution in [0.15, 0.2) is 0 Å². The van der Waals surface area contributed by atoms with Gasteiger partial charge in [0.15, 0.2) is 0 Å². The SMILES string of the molecule is O=C(NCCC(O)C1CCOCC1)C12CC3CC(CC(C3)C1)C2. The lowest BCUT2D eigenvalue weighted by Gasteiger charge is -2.55. The second-order valence-corrected chi connectivity index (χ2v) is 8.76. The highest BCUT2D eigenvalue weighted by Gasteiger charge is 2.54. The number of aliphatic hydroxyl groups is 1. The first-order chi connectivity index (χ1) is 11.1. The molecular formula is C19H31NO3. The lowest BCUT2D eigenvalue weighted by molar-refractivity contribution is -0.146. The fraction of sp³-hybridized carbons (Fsp3) is 0.947. The Bertz CT molecular complexity index is 409. The van der Waals surface area contributed by atoms with E-state index in [2.05, 4.69) is 5.32 Å². The maximum Gasteiger partial charge on any atom is 0.226 e. The van der Waals surface area contributed by atoms with Gasteiger partial charge in [-0.1, -0.05) is 0 Å². The van der Waals surface area contributed by atoms with Gasteiger partial charge in [0, 0.05) is 25.2 Å². The Kier molecular flexibility index (Phi) is 4.39. The van der Waals surface area contributed by atoms with E-state index >= 15 is 0 Å². The highest BCUT2D eigenvalue weighted by Crippen LogP contribution is 2.60. The zero-order chi connectivity index (χ0) is 15.9.